The number of alkyl halides is 3. The molecule has 2 aliphatic rings. The van der Waals surface area contributed by atoms with Crippen molar-refractivity contribution in [2.24, 2.45) is 5.92 Å². The molecule has 3 N–H and O–H groups in total. The van der Waals surface area contributed by atoms with E-state index in [-0.39, 0.29) is 11.9 Å². The summed E-state index contributed by atoms with van der Waals surface area (Å²) in [7, 11) is 0. The third kappa shape index (κ3) is 7.66. The monoisotopic (exact) mass is 416 g/mol. The van der Waals surface area contributed by atoms with Crippen LogP contribution in [-0.4, -0.2) is 49.0 Å². The molecule has 2 heterocycles. The molecule has 2 fully saturated rings. The van der Waals surface area contributed by atoms with Crippen molar-refractivity contribution in [2.45, 2.75) is 50.7 Å². The number of carbonyl (C=O) groups is 2. The second-order valence-electron chi connectivity index (χ2n) is 7.44. The van der Waals surface area contributed by atoms with Crippen LogP contribution in [-0.2, 0) is 14.3 Å². The number of aliphatic carboxylic acids is 1. The summed E-state index contributed by atoms with van der Waals surface area (Å²) in [6, 6.07) is 8.27. The highest BCUT2D eigenvalue weighted by molar-refractivity contribution is 5.94. The van der Waals surface area contributed by atoms with Crippen LogP contribution >= 0.6 is 0 Å². The summed E-state index contributed by atoms with van der Waals surface area (Å²) < 4.78 is 37.1. The molecule has 2 saturated heterocycles. The van der Waals surface area contributed by atoms with Crippen LogP contribution in [0.5, 0.6) is 0 Å². The van der Waals surface area contributed by atoms with Gasteiger partial charge in [0.05, 0.1) is 6.04 Å². The Kier molecular flexibility index (Phi) is 8.45. The number of benzene rings is 1. The lowest BCUT2D eigenvalue weighted by Crippen LogP contribution is -2.45. The number of carboxylic acid groups (broad SMARTS) is 1. The fourth-order valence-electron chi connectivity index (χ4n) is 3.41. The van der Waals surface area contributed by atoms with Gasteiger partial charge in [-0.3, -0.25) is 4.79 Å². The molecule has 162 valence electrons. The van der Waals surface area contributed by atoms with Crippen molar-refractivity contribution in [3.63, 3.8) is 0 Å². The number of carboxylic acids is 1. The number of halogens is 3. The number of nitrogens with one attached hydrogen (secondary N) is 2. The van der Waals surface area contributed by atoms with Crippen molar-refractivity contribution >= 4 is 17.6 Å². The molecule has 1 amide bonds. The van der Waals surface area contributed by atoms with Gasteiger partial charge in [-0.2, -0.15) is 13.2 Å². The van der Waals surface area contributed by atoms with Crippen molar-refractivity contribution in [2.75, 3.05) is 25.1 Å². The number of ether oxygens (including phenoxy) is 1. The van der Waals surface area contributed by atoms with Gasteiger partial charge in [0.2, 0.25) is 5.91 Å². The molecule has 3 rings (SSSR count). The lowest BCUT2D eigenvalue weighted by Gasteiger charge is -2.27. The predicted octanol–water partition coefficient (Wildman–Crippen LogP) is 3.54. The number of anilines is 1. The first-order valence-corrected chi connectivity index (χ1v) is 9.69. The third-order valence-corrected chi connectivity index (χ3v) is 5.10. The fourth-order valence-corrected chi connectivity index (χ4v) is 3.41. The third-order valence-electron chi connectivity index (χ3n) is 5.10. The van der Waals surface area contributed by atoms with E-state index in [2.05, 4.69) is 29.7 Å². The van der Waals surface area contributed by atoms with Crippen LogP contribution in [0, 0.1) is 5.92 Å². The summed E-state index contributed by atoms with van der Waals surface area (Å²) >= 11 is 0. The molecule has 0 saturated carbocycles. The van der Waals surface area contributed by atoms with Crippen LogP contribution in [0.25, 0.3) is 0 Å². The fraction of sp³-hybridized carbons (Fsp3) is 0.600. The number of piperidine rings is 1. The average Bonchev–Trinajstić information content (AvgIpc) is 2.69. The molecule has 1 aromatic rings. The van der Waals surface area contributed by atoms with E-state index in [0.717, 1.165) is 51.1 Å². The first kappa shape index (κ1) is 23.2. The molecular weight excluding hydrogens is 389 g/mol. The lowest BCUT2D eigenvalue weighted by atomic mass is 9.91. The molecule has 29 heavy (non-hydrogen) atoms. The Morgan fingerprint density at radius 1 is 1.14 bits per heavy atom. The SMILES string of the molecule is CC1CCNC(C(=O)Nc2ccc(C3CCOCC3)cc2)C1.O=C(O)C(F)(F)F. The number of carbonyl (C=O) groups excluding carboxylic acids is 1. The second kappa shape index (κ2) is 10.6. The van der Waals surface area contributed by atoms with Gasteiger partial charge in [0.1, 0.15) is 0 Å². The first-order chi connectivity index (χ1) is 13.7. The molecule has 0 radical (unpaired) electrons. The maximum Gasteiger partial charge on any atom is 0.490 e. The quantitative estimate of drug-likeness (QED) is 0.702. The largest absolute Gasteiger partial charge is 0.490 e. The van der Waals surface area contributed by atoms with Crippen LogP contribution < -0.4 is 10.6 Å². The van der Waals surface area contributed by atoms with Gasteiger partial charge in [0, 0.05) is 18.9 Å². The van der Waals surface area contributed by atoms with E-state index in [1.54, 1.807) is 0 Å². The minimum Gasteiger partial charge on any atom is -0.475 e. The molecule has 2 aliphatic heterocycles. The molecule has 2 atom stereocenters. The first-order valence-electron chi connectivity index (χ1n) is 9.69. The van der Waals surface area contributed by atoms with Gasteiger partial charge in [-0.15, -0.1) is 0 Å². The summed E-state index contributed by atoms with van der Waals surface area (Å²) in [5.41, 5.74) is 2.24. The van der Waals surface area contributed by atoms with Crippen molar-refractivity contribution in [1.82, 2.24) is 5.32 Å². The molecular formula is C20H27F3N2O4. The molecule has 0 aliphatic carbocycles. The van der Waals surface area contributed by atoms with Gasteiger partial charge in [-0.25, -0.2) is 4.79 Å². The molecule has 9 heteroatoms. The van der Waals surface area contributed by atoms with Crippen LogP contribution in [0.2, 0.25) is 0 Å². The zero-order valence-corrected chi connectivity index (χ0v) is 16.3. The molecule has 0 bridgehead atoms. The van der Waals surface area contributed by atoms with Crippen LogP contribution in [0.15, 0.2) is 24.3 Å². The Morgan fingerprint density at radius 2 is 1.72 bits per heavy atom. The lowest BCUT2D eigenvalue weighted by molar-refractivity contribution is -0.192. The summed E-state index contributed by atoms with van der Waals surface area (Å²) in [5, 5.41) is 13.5. The molecule has 0 spiro atoms. The van der Waals surface area contributed by atoms with Gasteiger partial charge < -0.3 is 20.5 Å². The standard InChI is InChI=1S/C18H26N2O2.C2HF3O2/c1-13-6-9-19-17(12-13)18(21)20-16-4-2-14(3-5-16)15-7-10-22-11-8-15;3-2(4,5)1(6)7/h2-5,13,15,17,19H,6-12H2,1H3,(H,20,21);(H,6,7). The van der Waals surface area contributed by atoms with Crippen molar-refractivity contribution in [3.05, 3.63) is 29.8 Å². The zero-order valence-electron chi connectivity index (χ0n) is 16.3. The van der Waals surface area contributed by atoms with Gasteiger partial charge in [0.25, 0.3) is 0 Å². The minimum atomic E-state index is -5.08. The molecule has 6 nitrogen and oxygen atoms in total. The minimum absolute atomic E-state index is 0.0566. The Morgan fingerprint density at radius 3 is 2.24 bits per heavy atom. The van der Waals surface area contributed by atoms with Crippen LogP contribution in [0.4, 0.5) is 18.9 Å². The highest BCUT2D eigenvalue weighted by Crippen LogP contribution is 2.27. The smallest absolute Gasteiger partial charge is 0.475 e. The maximum absolute atomic E-state index is 12.3. The number of amides is 1. The van der Waals surface area contributed by atoms with Gasteiger partial charge >= 0.3 is 12.1 Å². The molecule has 1 aromatic carbocycles. The number of hydrogen-bond acceptors (Lipinski definition) is 4. The van der Waals surface area contributed by atoms with E-state index >= 15 is 0 Å². The maximum atomic E-state index is 12.3. The van der Waals surface area contributed by atoms with E-state index in [0.29, 0.717) is 11.8 Å². The van der Waals surface area contributed by atoms with E-state index < -0.39 is 12.1 Å². The highest BCUT2D eigenvalue weighted by Gasteiger charge is 2.38. The van der Waals surface area contributed by atoms with E-state index in [1.165, 1.54) is 5.56 Å². The van der Waals surface area contributed by atoms with Gasteiger partial charge in [0.15, 0.2) is 0 Å². The van der Waals surface area contributed by atoms with Crippen LogP contribution in [0.1, 0.15) is 44.1 Å². The van der Waals surface area contributed by atoms with E-state index in [1.807, 2.05) is 12.1 Å². The zero-order chi connectivity index (χ0) is 21.4. The molecule has 0 aromatic heterocycles. The van der Waals surface area contributed by atoms with Crippen molar-refractivity contribution < 1.29 is 32.6 Å². The topological polar surface area (TPSA) is 87.7 Å². The average molecular weight is 416 g/mol. The number of hydrogen-bond donors (Lipinski definition) is 3. The van der Waals surface area contributed by atoms with E-state index in [4.69, 9.17) is 14.6 Å². The summed E-state index contributed by atoms with van der Waals surface area (Å²) in [6.45, 7) is 4.86. The summed E-state index contributed by atoms with van der Waals surface area (Å²) in [5.74, 6) is -1.45. The van der Waals surface area contributed by atoms with E-state index in [9.17, 15) is 18.0 Å². The van der Waals surface area contributed by atoms with Gasteiger partial charge in [-0.1, -0.05) is 19.1 Å². The molecule has 2 unspecified atom stereocenters. The van der Waals surface area contributed by atoms with Crippen molar-refractivity contribution in [1.29, 1.82) is 0 Å². The van der Waals surface area contributed by atoms with Crippen molar-refractivity contribution in [3.8, 4) is 0 Å². The Labute approximate surface area is 167 Å². The Bertz CT molecular complexity index is 673. The normalized spacial score (nSPS) is 22.9. The summed E-state index contributed by atoms with van der Waals surface area (Å²) in [6.07, 6.45) is -0.819. The van der Waals surface area contributed by atoms with Crippen LogP contribution in [0.3, 0.4) is 0 Å². The highest BCUT2D eigenvalue weighted by atomic mass is 19.4. The Balaban J connectivity index is 0.000000370. The Hall–Kier alpha value is -2.13. The predicted molar refractivity (Wildman–Crippen MR) is 102 cm³/mol. The van der Waals surface area contributed by atoms with Gasteiger partial charge in [-0.05, 0) is 61.8 Å². The second-order valence-corrected chi connectivity index (χ2v) is 7.44. The number of rotatable bonds is 3. The summed E-state index contributed by atoms with van der Waals surface area (Å²) in [4.78, 5) is 21.2.